The van der Waals surface area contributed by atoms with Gasteiger partial charge in [0, 0.05) is 31.6 Å². The standard InChI is InChI=1S/C19H22N2O4/c1-21-9-5-8-15(13-21)18(22)24-10-11-25-19(23)20-17-12-16(17)14-6-3-2-4-7-14/h2-7,9,13,16-17H,8,10-12H2,1H3,(H,20,23)/t16-,17+/m0/s1. The van der Waals surface area contributed by atoms with Gasteiger partial charge in [-0.15, -0.1) is 0 Å². The van der Waals surface area contributed by atoms with E-state index < -0.39 is 6.09 Å². The molecule has 1 aromatic rings. The first-order valence-electron chi connectivity index (χ1n) is 8.38. The quantitative estimate of drug-likeness (QED) is 0.636. The molecular formula is C19H22N2O4. The van der Waals surface area contributed by atoms with Crippen molar-refractivity contribution >= 4 is 12.1 Å². The van der Waals surface area contributed by atoms with Crippen LogP contribution in [-0.4, -0.2) is 43.3 Å². The summed E-state index contributed by atoms with van der Waals surface area (Å²) < 4.78 is 10.2. The number of rotatable bonds is 6. The van der Waals surface area contributed by atoms with Crippen LogP contribution < -0.4 is 5.32 Å². The van der Waals surface area contributed by atoms with Crippen molar-refractivity contribution in [3.05, 3.63) is 59.9 Å². The van der Waals surface area contributed by atoms with Crippen molar-refractivity contribution in [1.82, 2.24) is 10.2 Å². The molecule has 2 aliphatic rings. The normalized spacial score (nSPS) is 21.3. The Morgan fingerprint density at radius 1 is 1.20 bits per heavy atom. The summed E-state index contributed by atoms with van der Waals surface area (Å²) >= 11 is 0. The number of alkyl carbamates (subject to hydrolysis) is 1. The highest BCUT2D eigenvalue weighted by molar-refractivity contribution is 5.88. The van der Waals surface area contributed by atoms with Crippen molar-refractivity contribution in [3.8, 4) is 0 Å². The number of nitrogens with one attached hydrogen (secondary N) is 1. The molecule has 132 valence electrons. The fraction of sp³-hybridized carbons (Fsp3) is 0.368. The summed E-state index contributed by atoms with van der Waals surface area (Å²) in [5.74, 6) is -0.0265. The third-order valence-corrected chi connectivity index (χ3v) is 4.17. The molecule has 0 saturated heterocycles. The van der Waals surface area contributed by atoms with Gasteiger partial charge in [0.05, 0.1) is 5.57 Å². The molecule has 0 unspecified atom stereocenters. The van der Waals surface area contributed by atoms with Crippen molar-refractivity contribution in [2.45, 2.75) is 24.8 Å². The first kappa shape index (κ1) is 17.1. The van der Waals surface area contributed by atoms with Crippen molar-refractivity contribution in [3.63, 3.8) is 0 Å². The number of hydrogen-bond acceptors (Lipinski definition) is 5. The molecule has 0 aromatic heterocycles. The van der Waals surface area contributed by atoms with E-state index >= 15 is 0 Å². The minimum atomic E-state index is -0.473. The smallest absolute Gasteiger partial charge is 0.407 e. The molecule has 0 spiro atoms. The second-order valence-electron chi connectivity index (χ2n) is 6.18. The van der Waals surface area contributed by atoms with Crippen LogP contribution in [0, 0.1) is 0 Å². The molecule has 1 aromatic carbocycles. The van der Waals surface area contributed by atoms with Crippen LogP contribution in [0.3, 0.4) is 0 Å². The molecule has 1 amide bonds. The number of carbonyl (C=O) groups is 2. The fourth-order valence-electron chi connectivity index (χ4n) is 2.80. The van der Waals surface area contributed by atoms with Crippen molar-refractivity contribution in [2.24, 2.45) is 0 Å². The van der Waals surface area contributed by atoms with Gasteiger partial charge in [0.1, 0.15) is 13.2 Å². The lowest BCUT2D eigenvalue weighted by Gasteiger charge is -2.15. The summed E-state index contributed by atoms with van der Waals surface area (Å²) in [7, 11) is 1.84. The first-order valence-corrected chi connectivity index (χ1v) is 8.38. The monoisotopic (exact) mass is 342 g/mol. The van der Waals surface area contributed by atoms with Gasteiger partial charge in [-0.05, 0) is 18.2 Å². The van der Waals surface area contributed by atoms with Gasteiger partial charge in [-0.1, -0.05) is 36.4 Å². The van der Waals surface area contributed by atoms with Gasteiger partial charge in [0.15, 0.2) is 0 Å². The molecule has 1 aliphatic heterocycles. The van der Waals surface area contributed by atoms with Gasteiger partial charge < -0.3 is 19.7 Å². The van der Waals surface area contributed by atoms with E-state index in [1.54, 1.807) is 11.1 Å². The van der Waals surface area contributed by atoms with Gasteiger partial charge in [-0.2, -0.15) is 0 Å². The molecule has 2 atom stereocenters. The maximum absolute atomic E-state index is 11.9. The van der Waals surface area contributed by atoms with Crippen LogP contribution in [0.25, 0.3) is 0 Å². The fourth-order valence-corrected chi connectivity index (χ4v) is 2.80. The second kappa shape index (κ2) is 7.88. The summed E-state index contributed by atoms with van der Waals surface area (Å²) in [5.41, 5.74) is 1.81. The SMILES string of the molecule is CN1C=CCC(C(=O)OCCOC(=O)N[C@@H]2C[C@H]2c2ccccc2)=C1. The van der Waals surface area contributed by atoms with Gasteiger partial charge in [0.2, 0.25) is 0 Å². The second-order valence-corrected chi connectivity index (χ2v) is 6.18. The van der Waals surface area contributed by atoms with E-state index in [1.165, 1.54) is 5.56 Å². The lowest BCUT2D eigenvalue weighted by molar-refractivity contribution is -0.140. The first-order chi connectivity index (χ1) is 12.1. The van der Waals surface area contributed by atoms with Crippen LogP contribution in [-0.2, 0) is 14.3 Å². The number of hydrogen-bond donors (Lipinski definition) is 1. The number of ether oxygens (including phenoxy) is 2. The molecule has 0 bridgehead atoms. The number of carbonyl (C=O) groups excluding carboxylic acids is 2. The molecule has 1 heterocycles. The molecular weight excluding hydrogens is 320 g/mol. The molecule has 3 rings (SSSR count). The highest BCUT2D eigenvalue weighted by atomic mass is 16.6. The predicted octanol–water partition coefficient (Wildman–Crippen LogP) is 2.55. The number of allylic oxidation sites excluding steroid dienone is 1. The zero-order chi connectivity index (χ0) is 17.6. The van der Waals surface area contributed by atoms with E-state index in [4.69, 9.17) is 9.47 Å². The third kappa shape index (κ3) is 4.86. The van der Waals surface area contributed by atoms with E-state index in [0.29, 0.717) is 17.9 Å². The van der Waals surface area contributed by atoms with Crippen LogP contribution in [0.1, 0.15) is 24.3 Å². The number of esters is 1. The zero-order valence-corrected chi connectivity index (χ0v) is 14.2. The molecule has 0 radical (unpaired) electrons. The highest BCUT2D eigenvalue weighted by Crippen LogP contribution is 2.40. The summed E-state index contributed by atoms with van der Waals surface area (Å²) in [4.78, 5) is 25.4. The van der Waals surface area contributed by atoms with E-state index in [9.17, 15) is 9.59 Å². The lowest BCUT2D eigenvalue weighted by Crippen LogP contribution is -2.28. The largest absolute Gasteiger partial charge is 0.459 e. The molecule has 1 aliphatic carbocycles. The number of amides is 1. The minimum absolute atomic E-state index is 0.0409. The molecule has 1 N–H and O–H groups in total. The summed E-state index contributed by atoms with van der Waals surface area (Å²) in [5, 5.41) is 2.83. The van der Waals surface area contributed by atoms with E-state index in [-0.39, 0.29) is 25.2 Å². The Bertz CT molecular complexity index is 684. The third-order valence-electron chi connectivity index (χ3n) is 4.17. The van der Waals surface area contributed by atoms with E-state index in [2.05, 4.69) is 17.4 Å². The van der Waals surface area contributed by atoms with Gasteiger partial charge in [-0.25, -0.2) is 9.59 Å². The molecule has 6 heteroatoms. The highest BCUT2D eigenvalue weighted by Gasteiger charge is 2.39. The topological polar surface area (TPSA) is 67.9 Å². The number of nitrogens with zero attached hydrogens (tertiary/aromatic N) is 1. The van der Waals surface area contributed by atoms with Gasteiger partial charge in [0.25, 0.3) is 0 Å². The van der Waals surface area contributed by atoms with E-state index in [0.717, 1.165) is 6.42 Å². The Balaban J connectivity index is 1.31. The summed E-state index contributed by atoms with van der Waals surface area (Å²) in [6.45, 7) is 0.0864. The average molecular weight is 342 g/mol. The molecule has 25 heavy (non-hydrogen) atoms. The maximum Gasteiger partial charge on any atom is 0.407 e. The van der Waals surface area contributed by atoms with Crippen LogP contribution in [0.5, 0.6) is 0 Å². The van der Waals surface area contributed by atoms with Crippen molar-refractivity contribution < 1.29 is 19.1 Å². The van der Waals surface area contributed by atoms with Crippen molar-refractivity contribution in [2.75, 3.05) is 20.3 Å². The Morgan fingerprint density at radius 2 is 1.96 bits per heavy atom. The van der Waals surface area contributed by atoms with Crippen LogP contribution in [0.2, 0.25) is 0 Å². The van der Waals surface area contributed by atoms with E-state index in [1.807, 2.05) is 37.5 Å². The Kier molecular flexibility index (Phi) is 5.38. The average Bonchev–Trinajstić information content (AvgIpc) is 3.38. The van der Waals surface area contributed by atoms with Crippen LogP contribution >= 0.6 is 0 Å². The van der Waals surface area contributed by atoms with Crippen molar-refractivity contribution in [1.29, 1.82) is 0 Å². The number of benzene rings is 1. The lowest BCUT2D eigenvalue weighted by atomic mass is 10.1. The van der Waals surface area contributed by atoms with Gasteiger partial charge >= 0.3 is 12.1 Å². The Morgan fingerprint density at radius 3 is 2.72 bits per heavy atom. The Hall–Kier alpha value is -2.76. The Labute approximate surface area is 147 Å². The summed E-state index contributed by atoms with van der Waals surface area (Å²) in [6.07, 6.45) is 6.49. The molecule has 1 saturated carbocycles. The zero-order valence-electron chi connectivity index (χ0n) is 14.2. The maximum atomic E-state index is 11.9. The van der Waals surface area contributed by atoms with Gasteiger partial charge in [-0.3, -0.25) is 0 Å². The van der Waals surface area contributed by atoms with Crippen LogP contribution in [0.15, 0.2) is 54.4 Å². The van der Waals surface area contributed by atoms with Crippen LogP contribution in [0.4, 0.5) is 4.79 Å². The summed E-state index contributed by atoms with van der Waals surface area (Å²) in [6, 6.07) is 10.2. The predicted molar refractivity (Wildman–Crippen MR) is 92.6 cm³/mol. The molecule has 1 fully saturated rings. The minimum Gasteiger partial charge on any atom is -0.459 e. The molecule has 6 nitrogen and oxygen atoms in total.